The first kappa shape index (κ1) is 60.7. The zero-order chi connectivity index (χ0) is 47.5. The van der Waals surface area contributed by atoms with Crippen LogP contribution in [-0.4, -0.2) is 152 Å². The summed E-state index contributed by atoms with van der Waals surface area (Å²) in [7, 11) is -3.85. The van der Waals surface area contributed by atoms with E-state index in [1.54, 1.807) is 5.48 Å². The van der Waals surface area contributed by atoms with Crippen LogP contribution in [0.4, 0.5) is 0 Å². The largest absolute Gasteiger partial charge is 0.480 e. The molecule has 0 aromatic rings. The first-order valence-electron chi connectivity index (χ1n) is 23.0. The number of amides is 4. The number of hydrogen-bond acceptors (Lipinski definition) is 13. The molecule has 0 heterocycles. The molecule has 4 amide bonds. The first-order valence-corrected chi connectivity index (χ1v) is 24.8. The fourth-order valence-electron chi connectivity index (χ4n) is 6.31. The van der Waals surface area contributed by atoms with Crippen LogP contribution in [0.3, 0.4) is 0 Å². The molecule has 0 spiro atoms. The zero-order valence-corrected chi connectivity index (χ0v) is 38.8. The Hall–Kier alpha value is -3.27. The Morgan fingerprint density at radius 2 is 0.859 bits per heavy atom. The standard InChI is InChI=1S/C42H80N5O16P/c48-37(22-21-35(41(52)53)46-38(49)20-15-13-11-9-7-5-3-1-2-4-6-8-10-12-14-18-32-64(57,58)59)44-24-26-60-28-31-63-34-40(51)45-25-27-61-29-30-62-33-39(50)43-23-17-16-19-36(47-56)42(54)55/h35-36,47,56H,1-34H2,(H,43,50)(H,44,48)(H,45,51)(H,46,49)(H,52,53)(H,54,55)(H2,57,58,59)/t35-,36-/m0/s1. The number of carbonyl (C=O) groups is 6. The second-order valence-corrected chi connectivity index (χ2v) is 17.5. The minimum Gasteiger partial charge on any atom is -0.480 e. The number of ether oxygens (including phenoxy) is 4. The number of carboxylic acid groups (broad SMARTS) is 2. The third-order valence-electron chi connectivity index (χ3n) is 9.94. The summed E-state index contributed by atoms with van der Waals surface area (Å²) in [5, 5.41) is 37.5. The monoisotopic (exact) mass is 942 g/mol. The fraction of sp³-hybridized carbons (Fsp3) is 0.857. The molecule has 10 N–H and O–H groups in total. The summed E-state index contributed by atoms with van der Waals surface area (Å²) in [6.45, 7) is 1.59. The van der Waals surface area contributed by atoms with Crippen LogP contribution >= 0.6 is 7.60 Å². The smallest absolute Gasteiger partial charge is 0.326 e. The average molecular weight is 942 g/mol. The van der Waals surface area contributed by atoms with Gasteiger partial charge in [0.15, 0.2) is 0 Å². The average Bonchev–Trinajstić information content (AvgIpc) is 3.24. The highest BCUT2D eigenvalue weighted by Crippen LogP contribution is 2.35. The highest BCUT2D eigenvalue weighted by Gasteiger charge is 2.21. The molecule has 0 aliphatic carbocycles. The van der Waals surface area contributed by atoms with Gasteiger partial charge in [0.2, 0.25) is 23.6 Å². The van der Waals surface area contributed by atoms with Crippen LogP contribution in [0.15, 0.2) is 0 Å². The van der Waals surface area contributed by atoms with Gasteiger partial charge in [-0.05, 0) is 38.5 Å². The van der Waals surface area contributed by atoms with E-state index in [-0.39, 0.29) is 121 Å². The van der Waals surface area contributed by atoms with E-state index in [0.717, 1.165) is 44.9 Å². The van der Waals surface area contributed by atoms with E-state index in [0.29, 0.717) is 32.2 Å². The predicted molar refractivity (Wildman–Crippen MR) is 237 cm³/mol. The van der Waals surface area contributed by atoms with Crippen LogP contribution in [0, 0.1) is 0 Å². The van der Waals surface area contributed by atoms with E-state index in [1.165, 1.54) is 44.9 Å². The molecular formula is C42H80N5O16P. The summed E-state index contributed by atoms with van der Waals surface area (Å²) in [4.78, 5) is 88.4. The number of rotatable bonds is 47. The van der Waals surface area contributed by atoms with E-state index >= 15 is 0 Å². The molecule has 0 aromatic heterocycles. The lowest BCUT2D eigenvalue weighted by Crippen LogP contribution is -2.41. The fourth-order valence-corrected chi connectivity index (χ4v) is 6.94. The number of carboxylic acids is 2. The van der Waals surface area contributed by atoms with Gasteiger partial charge in [-0.1, -0.05) is 89.9 Å². The van der Waals surface area contributed by atoms with Crippen LogP contribution in [0.1, 0.15) is 141 Å². The van der Waals surface area contributed by atoms with Gasteiger partial charge in [-0.15, -0.1) is 0 Å². The molecule has 22 heteroatoms. The molecule has 0 radical (unpaired) electrons. The maximum absolute atomic E-state index is 12.3. The Kier molecular flexibility index (Phi) is 40.2. The molecule has 0 aromatic carbocycles. The molecule has 64 heavy (non-hydrogen) atoms. The van der Waals surface area contributed by atoms with Crippen molar-refractivity contribution in [2.45, 2.75) is 153 Å². The van der Waals surface area contributed by atoms with Crippen molar-refractivity contribution >= 4 is 43.2 Å². The van der Waals surface area contributed by atoms with Gasteiger partial charge in [0, 0.05) is 38.6 Å². The third-order valence-corrected chi connectivity index (χ3v) is 10.8. The highest BCUT2D eigenvalue weighted by atomic mass is 31.2. The minimum atomic E-state index is -3.85. The van der Waals surface area contributed by atoms with Gasteiger partial charge in [-0.25, -0.2) is 4.79 Å². The number of hydrogen-bond donors (Lipinski definition) is 10. The Morgan fingerprint density at radius 3 is 1.31 bits per heavy atom. The molecule has 0 saturated carbocycles. The van der Waals surface area contributed by atoms with Gasteiger partial charge >= 0.3 is 19.5 Å². The molecule has 21 nitrogen and oxygen atoms in total. The summed E-state index contributed by atoms with van der Waals surface area (Å²) in [6.07, 6.45) is 18.4. The van der Waals surface area contributed by atoms with Gasteiger partial charge in [-0.3, -0.25) is 28.5 Å². The summed E-state index contributed by atoms with van der Waals surface area (Å²) in [6, 6.07) is -2.19. The lowest BCUT2D eigenvalue weighted by atomic mass is 10.0. The maximum Gasteiger partial charge on any atom is 0.326 e. The normalized spacial score (nSPS) is 12.4. The second-order valence-electron chi connectivity index (χ2n) is 15.7. The quantitative estimate of drug-likeness (QED) is 0.0238. The third kappa shape index (κ3) is 42.7. The van der Waals surface area contributed by atoms with Gasteiger partial charge in [0.1, 0.15) is 25.3 Å². The van der Waals surface area contributed by atoms with Crippen molar-refractivity contribution in [3.05, 3.63) is 0 Å². The Labute approximate surface area is 378 Å². The minimum absolute atomic E-state index is 0.00671. The summed E-state index contributed by atoms with van der Waals surface area (Å²) in [5.74, 6) is -3.71. The van der Waals surface area contributed by atoms with E-state index in [2.05, 4.69) is 21.3 Å². The molecule has 0 rings (SSSR count). The van der Waals surface area contributed by atoms with Gasteiger partial charge in [-0.2, -0.15) is 5.48 Å². The Bertz CT molecular complexity index is 1290. The van der Waals surface area contributed by atoms with Crippen molar-refractivity contribution in [1.82, 2.24) is 26.7 Å². The number of aliphatic carboxylic acids is 2. The molecule has 0 bridgehead atoms. The number of carbonyl (C=O) groups excluding carboxylic acids is 4. The molecule has 0 fully saturated rings. The predicted octanol–water partition coefficient (Wildman–Crippen LogP) is 3.16. The number of hydroxylamine groups is 1. The first-order chi connectivity index (χ1) is 30.7. The van der Waals surface area contributed by atoms with Crippen molar-refractivity contribution in [2.24, 2.45) is 0 Å². The second kappa shape index (κ2) is 42.4. The van der Waals surface area contributed by atoms with Crippen molar-refractivity contribution in [1.29, 1.82) is 0 Å². The van der Waals surface area contributed by atoms with Crippen LogP contribution < -0.4 is 26.7 Å². The van der Waals surface area contributed by atoms with Crippen molar-refractivity contribution in [3.63, 3.8) is 0 Å². The van der Waals surface area contributed by atoms with Crippen LogP contribution in [-0.2, 0) is 52.3 Å². The maximum atomic E-state index is 12.3. The molecule has 0 unspecified atom stereocenters. The van der Waals surface area contributed by atoms with Gasteiger partial charge in [0.05, 0.1) is 39.6 Å². The molecule has 2 atom stereocenters. The molecule has 0 aliphatic heterocycles. The Balaban J connectivity index is 3.65. The summed E-state index contributed by atoms with van der Waals surface area (Å²) in [5.41, 5.74) is 1.72. The van der Waals surface area contributed by atoms with Crippen LogP contribution in [0.25, 0.3) is 0 Å². The molecule has 0 aliphatic rings. The summed E-state index contributed by atoms with van der Waals surface area (Å²) < 4.78 is 32.1. The van der Waals surface area contributed by atoms with Crippen LogP contribution in [0.5, 0.6) is 0 Å². The molecule has 374 valence electrons. The van der Waals surface area contributed by atoms with Gasteiger partial charge < -0.3 is 65.4 Å². The van der Waals surface area contributed by atoms with Crippen molar-refractivity contribution < 1.29 is 77.5 Å². The van der Waals surface area contributed by atoms with E-state index in [9.17, 15) is 38.4 Å². The lowest BCUT2D eigenvalue weighted by molar-refractivity contribution is -0.143. The van der Waals surface area contributed by atoms with E-state index in [4.69, 9.17) is 39.0 Å². The van der Waals surface area contributed by atoms with E-state index < -0.39 is 31.6 Å². The lowest BCUT2D eigenvalue weighted by Gasteiger charge is -2.14. The van der Waals surface area contributed by atoms with E-state index in [1.807, 2.05) is 0 Å². The number of nitrogens with one attached hydrogen (secondary N) is 5. The van der Waals surface area contributed by atoms with Crippen LogP contribution in [0.2, 0.25) is 0 Å². The van der Waals surface area contributed by atoms with Crippen molar-refractivity contribution in [2.75, 3.05) is 78.7 Å². The zero-order valence-electron chi connectivity index (χ0n) is 37.9. The molecule has 0 saturated heterocycles. The SMILES string of the molecule is O=C(CC[C@H](NC(=O)CCCCCCCCCCCCCCCCCCP(=O)(O)O)C(=O)O)NCCOCCOCC(=O)NCCOCCOCC(=O)NCCCC[C@H](NO)C(=O)O. The van der Waals surface area contributed by atoms with Crippen molar-refractivity contribution in [3.8, 4) is 0 Å². The van der Waals surface area contributed by atoms with Gasteiger partial charge in [0.25, 0.3) is 0 Å². The topological polar surface area (TPSA) is 318 Å². The highest BCUT2D eigenvalue weighted by molar-refractivity contribution is 7.51. The number of unbranched alkanes of at least 4 members (excludes halogenated alkanes) is 16. The molecular weight excluding hydrogens is 861 g/mol. The Morgan fingerprint density at radius 1 is 0.438 bits per heavy atom. The summed E-state index contributed by atoms with van der Waals surface area (Å²) >= 11 is 0.